The molecule has 4 rings (SSSR count). The van der Waals surface area contributed by atoms with E-state index < -0.39 is 0 Å². The molecule has 118 valence electrons. The van der Waals surface area contributed by atoms with Gasteiger partial charge in [-0.05, 0) is 26.8 Å². The topological polar surface area (TPSA) is 37.2 Å². The highest BCUT2D eigenvalue weighted by atomic mass is 32.1. The molecule has 0 amide bonds. The maximum absolute atomic E-state index is 4.78. The molecule has 6 heteroatoms. The van der Waals surface area contributed by atoms with E-state index in [-0.39, 0.29) is 5.54 Å². The Kier molecular flexibility index (Phi) is 3.55. The van der Waals surface area contributed by atoms with Gasteiger partial charge in [0.05, 0.1) is 12.1 Å². The highest BCUT2D eigenvalue weighted by Crippen LogP contribution is 2.40. The van der Waals surface area contributed by atoms with Crippen LogP contribution >= 0.6 is 11.3 Å². The fraction of sp³-hybridized carbons (Fsp3) is 0.625. The predicted octanol–water partition coefficient (Wildman–Crippen LogP) is 2.08. The summed E-state index contributed by atoms with van der Waals surface area (Å²) in [5.74, 6) is 1.28. The third-order valence-corrected chi connectivity index (χ3v) is 6.15. The molecule has 0 bridgehead atoms. The number of likely N-dealkylation sites (N-methyl/N-ethyl adjacent to an activating group) is 1. The molecular weight excluding hydrogens is 294 g/mol. The number of likely N-dealkylation sites (tertiary alicyclic amines) is 1. The fourth-order valence-electron chi connectivity index (χ4n) is 3.96. The van der Waals surface area contributed by atoms with Crippen LogP contribution in [-0.2, 0) is 18.6 Å². The highest BCUT2D eigenvalue weighted by Gasteiger charge is 2.45. The van der Waals surface area contributed by atoms with Gasteiger partial charge in [-0.25, -0.2) is 9.97 Å². The largest absolute Gasteiger partial charge is 0.329 e. The van der Waals surface area contributed by atoms with Gasteiger partial charge in [0.15, 0.2) is 0 Å². The summed E-state index contributed by atoms with van der Waals surface area (Å²) in [7, 11) is 2.27. The Balaban J connectivity index is 1.54. The van der Waals surface area contributed by atoms with Gasteiger partial charge in [-0.2, -0.15) is 0 Å². The SMILES string of the molecule is Cc1cnc2n1CCN(C)C21CCN(Cc2nccs2)CC1. The molecule has 22 heavy (non-hydrogen) atoms. The maximum Gasteiger partial charge on any atom is 0.129 e. The second-order valence-electron chi connectivity index (χ2n) is 6.53. The molecular formula is C16H23N5S. The molecule has 0 N–H and O–H groups in total. The third kappa shape index (κ3) is 2.21. The lowest BCUT2D eigenvalue weighted by atomic mass is 9.83. The van der Waals surface area contributed by atoms with Gasteiger partial charge in [0.25, 0.3) is 0 Å². The number of hydrogen-bond donors (Lipinski definition) is 0. The second-order valence-corrected chi connectivity index (χ2v) is 7.51. The first-order valence-corrected chi connectivity index (χ1v) is 8.91. The Bertz CT molecular complexity index is 640. The number of imidazole rings is 1. The average molecular weight is 317 g/mol. The van der Waals surface area contributed by atoms with Crippen LogP contribution in [0.3, 0.4) is 0 Å². The fourth-order valence-corrected chi connectivity index (χ4v) is 4.62. The van der Waals surface area contributed by atoms with Crippen molar-refractivity contribution in [1.29, 1.82) is 0 Å². The van der Waals surface area contributed by atoms with Crippen molar-refractivity contribution in [2.24, 2.45) is 0 Å². The van der Waals surface area contributed by atoms with E-state index in [4.69, 9.17) is 4.98 Å². The van der Waals surface area contributed by atoms with Crippen LogP contribution in [0.4, 0.5) is 0 Å². The van der Waals surface area contributed by atoms with Crippen molar-refractivity contribution >= 4 is 11.3 Å². The Morgan fingerprint density at radius 3 is 2.73 bits per heavy atom. The van der Waals surface area contributed by atoms with Crippen LogP contribution in [0.1, 0.15) is 29.4 Å². The normalized spacial score (nSPS) is 22.1. The summed E-state index contributed by atoms with van der Waals surface area (Å²) in [5, 5.41) is 3.29. The van der Waals surface area contributed by atoms with E-state index in [1.54, 1.807) is 11.3 Å². The van der Waals surface area contributed by atoms with Gasteiger partial charge >= 0.3 is 0 Å². The van der Waals surface area contributed by atoms with Crippen molar-refractivity contribution in [1.82, 2.24) is 24.3 Å². The zero-order valence-electron chi connectivity index (χ0n) is 13.3. The Morgan fingerprint density at radius 1 is 1.18 bits per heavy atom. The second kappa shape index (κ2) is 5.44. The standard InChI is InChI=1S/C16H23N5S/c1-13-11-18-15-16(19(2)8-9-21(13)15)3-6-20(7-4-16)12-14-17-5-10-22-14/h5,10-11H,3-4,6-9,12H2,1-2H3. The lowest BCUT2D eigenvalue weighted by Gasteiger charge is -2.49. The molecule has 0 unspecified atom stereocenters. The molecule has 1 fully saturated rings. The molecule has 4 heterocycles. The molecule has 0 aliphatic carbocycles. The molecule has 0 radical (unpaired) electrons. The average Bonchev–Trinajstić information content (AvgIpc) is 3.16. The van der Waals surface area contributed by atoms with Gasteiger partial charge in [0.1, 0.15) is 10.8 Å². The molecule has 0 atom stereocenters. The van der Waals surface area contributed by atoms with Gasteiger partial charge in [0, 0.05) is 49.6 Å². The number of rotatable bonds is 2. The van der Waals surface area contributed by atoms with E-state index in [9.17, 15) is 0 Å². The summed E-state index contributed by atoms with van der Waals surface area (Å²) in [6, 6.07) is 0. The summed E-state index contributed by atoms with van der Waals surface area (Å²) in [5.41, 5.74) is 1.43. The smallest absolute Gasteiger partial charge is 0.129 e. The van der Waals surface area contributed by atoms with Crippen molar-refractivity contribution in [2.75, 3.05) is 26.7 Å². The Morgan fingerprint density at radius 2 is 2.00 bits per heavy atom. The summed E-state index contributed by atoms with van der Waals surface area (Å²) in [6.45, 7) is 7.60. The number of aromatic nitrogens is 3. The Hall–Kier alpha value is -1.24. The first kappa shape index (κ1) is 14.4. The molecule has 2 aliphatic heterocycles. The molecule has 1 saturated heterocycles. The number of nitrogens with zero attached hydrogens (tertiary/aromatic N) is 5. The quantitative estimate of drug-likeness (QED) is 0.850. The summed E-state index contributed by atoms with van der Waals surface area (Å²) in [6.07, 6.45) is 6.26. The molecule has 2 aromatic rings. The van der Waals surface area contributed by atoms with Crippen molar-refractivity contribution in [2.45, 2.75) is 38.4 Å². The summed E-state index contributed by atoms with van der Waals surface area (Å²) in [4.78, 5) is 14.3. The molecule has 2 aliphatic rings. The highest BCUT2D eigenvalue weighted by molar-refractivity contribution is 7.09. The summed E-state index contributed by atoms with van der Waals surface area (Å²) >= 11 is 1.76. The predicted molar refractivity (Wildman–Crippen MR) is 87.9 cm³/mol. The van der Waals surface area contributed by atoms with E-state index in [1.165, 1.54) is 16.5 Å². The van der Waals surface area contributed by atoms with Gasteiger partial charge < -0.3 is 4.57 Å². The minimum absolute atomic E-state index is 0.131. The number of fused-ring (bicyclic) bond motifs is 2. The van der Waals surface area contributed by atoms with E-state index in [0.29, 0.717) is 0 Å². The van der Waals surface area contributed by atoms with Crippen molar-refractivity contribution in [3.63, 3.8) is 0 Å². The van der Waals surface area contributed by atoms with Crippen LogP contribution in [0.2, 0.25) is 0 Å². The van der Waals surface area contributed by atoms with E-state index >= 15 is 0 Å². The zero-order valence-corrected chi connectivity index (χ0v) is 14.1. The minimum atomic E-state index is 0.131. The van der Waals surface area contributed by atoms with Crippen molar-refractivity contribution in [3.8, 4) is 0 Å². The van der Waals surface area contributed by atoms with Gasteiger partial charge in [-0.1, -0.05) is 0 Å². The lowest BCUT2D eigenvalue weighted by molar-refractivity contribution is 0.00635. The Labute approximate surface area is 135 Å². The van der Waals surface area contributed by atoms with E-state index in [2.05, 4.69) is 38.7 Å². The van der Waals surface area contributed by atoms with E-state index in [1.807, 2.05) is 12.4 Å². The van der Waals surface area contributed by atoms with Crippen LogP contribution in [0.5, 0.6) is 0 Å². The van der Waals surface area contributed by atoms with Crippen LogP contribution < -0.4 is 0 Å². The lowest BCUT2D eigenvalue weighted by Crippen LogP contribution is -2.56. The molecule has 1 spiro atoms. The number of thiazole rings is 1. The molecule has 0 aromatic carbocycles. The minimum Gasteiger partial charge on any atom is -0.329 e. The van der Waals surface area contributed by atoms with Crippen LogP contribution in [0.25, 0.3) is 0 Å². The van der Waals surface area contributed by atoms with Gasteiger partial charge in [-0.3, -0.25) is 9.80 Å². The molecule has 2 aromatic heterocycles. The van der Waals surface area contributed by atoms with Gasteiger partial charge in [0.2, 0.25) is 0 Å². The third-order valence-electron chi connectivity index (χ3n) is 5.39. The zero-order chi connectivity index (χ0) is 15.2. The first-order valence-electron chi connectivity index (χ1n) is 8.04. The maximum atomic E-state index is 4.78. The molecule has 5 nitrogen and oxygen atoms in total. The van der Waals surface area contributed by atoms with Gasteiger partial charge in [-0.15, -0.1) is 11.3 Å². The number of hydrogen-bond acceptors (Lipinski definition) is 5. The van der Waals surface area contributed by atoms with Crippen LogP contribution in [0, 0.1) is 6.92 Å². The number of aryl methyl sites for hydroxylation is 1. The monoisotopic (exact) mass is 317 g/mol. The summed E-state index contributed by atoms with van der Waals surface area (Å²) < 4.78 is 2.43. The van der Waals surface area contributed by atoms with Crippen molar-refractivity contribution in [3.05, 3.63) is 34.3 Å². The molecule has 0 saturated carbocycles. The van der Waals surface area contributed by atoms with E-state index in [0.717, 1.165) is 45.6 Å². The number of piperidine rings is 1. The van der Waals surface area contributed by atoms with Crippen molar-refractivity contribution < 1.29 is 0 Å². The first-order chi connectivity index (χ1) is 10.7. The van der Waals surface area contributed by atoms with Crippen LogP contribution in [-0.4, -0.2) is 51.0 Å². The van der Waals surface area contributed by atoms with Crippen LogP contribution in [0.15, 0.2) is 17.8 Å².